The van der Waals surface area contributed by atoms with Crippen LogP contribution in [0.25, 0.3) is 0 Å². The van der Waals surface area contributed by atoms with Crippen molar-refractivity contribution in [1.82, 2.24) is 15.5 Å². The van der Waals surface area contributed by atoms with Gasteiger partial charge in [-0.1, -0.05) is 23.7 Å². The number of carbonyl (C=O) groups excluding carboxylic acids is 2. The van der Waals surface area contributed by atoms with Crippen molar-refractivity contribution in [3.63, 3.8) is 0 Å². The van der Waals surface area contributed by atoms with Crippen LogP contribution in [0, 0.1) is 0 Å². The smallest absolute Gasteiger partial charge is 0.239 e. The molecule has 0 bridgehead atoms. The van der Waals surface area contributed by atoms with Crippen LogP contribution in [-0.2, 0) is 20.7 Å². The molecule has 0 radical (unpaired) electrons. The van der Waals surface area contributed by atoms with Crippen molar-refractivity contribution in [3.05, 3.63) is 34.9 Å². The summed E-state index contributed by atoms with van der Waals surface area (Å²) in [7, 11) is 0. The summed E-state index contributed by atoms with van der Waals surface area (Å²) in [6.07, 6.45) is 1.91. The van der Waals surface area contributed by atoms with Gasteiger partial charge in [0.1, 0.15) is 0 Å². The fraction of sp³-hybridized carbons (Fsp3) is 0.556. The second-order valence-corrected chi connectivity index (χ2v) is 6.50. The Balaban J connectivity index is 1.51. The molecule has 6 nitrogen and oxygen atoms in total. The minimum absolute atomic E-state index is 0.0269. The Morgan fingerprint density at radius 3 is 2.72 bits per heavy atom. The van der Waals surface area contributed by atoms with Crippen molar-refractivity contribution in [2.45, 2.75) is 19.3 Å². The highest BCUT2D eigenvalue weighted by Crippen LogP contribution is 2.12. The van der Waals surface area contributed by atoms with Crippen LogP contribution in [0.4, 0.5) is 0 Å². The number of hydrogen-bond donors (Lipinski definition) is 2. The summed E-state index contributed by atoms with van der Waals surface area (Å²) in [5.74, 6) is -0.262. The summed E-state index contributed by atoms with van der Waals surface area (Å²) in [6, 6.07) is 7.63. The van der Waals surface area contributed by atoms with Crippen LogP contribution in [0.15, 0.2) is 24.3 Å². The van der Waals surface area contributed by atoms with Gasteiger partial charge >= 0.3 is 0 Å². The van der Waals surface area contributed by atoms with Crippen LogP contribution in [0.5, 0.6) is 0 Å². The maximum absolute atomic E-state index is 11.8. The van der Waals surface area contributed by atoms with E-state index in [0.717, 1.165) is 51.3 Å². The zero-order valence-corrected chi connectivity index (χ0v) is 15.2. The molecule has 0 aromatic heterocycles. The van der Waals surface area contributed by atoms with Gasteiger partial charge in [0.15, 0.2) is 0 Å². The molecule has 0 atom stereocenters. The Morgan fingerprint density at radius 1 is 1.16 bits per heavy atom. The van der Waals surface area contributed by atoms with Gasteiger partial charge in [-0.2, -0.15) is 0 Å². The van der Waals surface area contributed by atoms with Gasteiger partial charge in [-0.25, -0.2) is 0 Å². The summed E-state index contributed by atoms with van der Waals surface area (Å²) in [5, 5.41) is 6.18. The lowest BCUT2D eigenvalue weighted by Gasteiger charge is -2.26. The Kier molecular flexibility index (Phi) is 8.72. The normalized spacial score (nSPS) is 14.9. The SMILES string of the molecule is O=C(CCCc1cccc(Cl)c1)NCC(=O)NCCN1CCOCC1. The molecule has 1 aliphatic heterocycles. The van der Waals surface area contributed by atoms with E-state index < -0.39 is 0 Å². The molecular weight excluding hydrogens is 342 g/mol. The molecule has 1 aromatic carbocycles. The van der Waals surface area contributed by atoms with E-state index >= 15 is 0 Å². The van der Waals surface area contributed by atoms with Gasteiger partial charge in [-0.05, 0) is 30.5 Å². The second kappa shape index (κ2) is 11.1. The highest BCUT2D eigenvalue weighted by molar-refractivity contribution is 6.30. The third kappa shape index (κ3) is 8.34. The van der Waals surface area contributed by atoms with Crippen LogP contribution in [0.2, 0.25) is 5.02 Å². The minimum Gasteiger partial charge on any atom is -0.379 e. The molecule has 0 aliphatic carbocycles. The van der Waals surface area contributed by atoms with E-state index in [1.807, 2.05) is 24.3 Å². The number of halogens is 1. The summed E-state index contributed by atoms with van der Waals surface area (Å²) in [4.78, 5) is 25.8. The van der Waals surface area contributed by atoms with E-state index in [4.69, 9.17) is 16.3 Å². The van der Waals surface area contributed by atoms with Crippen LogP contribution < -0.4 is 10.6 Å². The van der Waals surface area contributed by atoms with Crippen LogP contribution in [-0.4, -0.2) is 62.7 Å². The molecular formula is C18H26ClN3O3. The summed E-state index contributed by atoms with van der Waals surface area (Å²) < 4.78 is 5.28. The molecule has 25 heavy (non-hydrogen) atoms. The Labute approximate surface area is 153 Å². The summed E-state index contributed by atoms with van der Waals surface area (Å²) in [5.41, 5.74) is 1.11. The first-order valence-corrected chi connectivity index (χ1v) is 9.09. The molecule has 0 spiro atoms. The lowest BCUT2D eigenvalue weighted by atomic mass is 10.1. The average Bonchev–Trinajstić information content (AvgIpc) is 2.61. The molecule has 0 saturated carbocycles. The fourth-order valence-electron chi connectivity index (χ4n) is 2.65. The van der Waals surface area contributed by atoms with Gasteiger partial charge in [0.05, 0.1) is 19.8 Å². The van der Waals surface area contributed by atoms with E-state index in [9.17, 15) is 9.59 Å². The number of amides is 2. The van der Waals surface area contributed by atoms with Gasteiger partial charge < -0.3 is 15.4 Å². The predicted octanol–water partition coefficient (Wildman–Crippen LogP) is 1.23. The summed E-state index contributed by atoms with van der Waals surface area (Å²) >= 11 is 5.93. The molecule has 1 aliphatic rings. The van der Waals surface area contributed by atoms with Gasteiger partial charge in [-0.15, -0.1) is 0 Å². The number of benzene rings is 1. The van der Waals surface area contributed by atoms with Gasteiger partial charge in [0.2, 0.25) is 11.8 Å². The third-order valence-corrected chi connectivity index (χ3v) is 4.29. The first-order chi connectivity index (χ1) is 12.1. The van der Waals surface area contributed by atoms with Gasteiger partial charge in [0, 0.05) is 37.6 Å². The average molecular weight is 368 g/mol. The highest BCUT2D eigenvalue weighted by atomic mass is 35.5. The number of morpholine rings is 1. The first kappa shape index (κ1) is 19.7. The number of aryl methyl sites for hydroxylation is 1. The number of nitrogens with zero attached hydrogens (tertiary/aromatic N) is 1. The molecule has 1 aromatic rings. The molecule has 7 heteroatoms. The largest absolute Gasteiger partial charge is 0.379 e. The maximum Gasteiger partial charge on any atom is 0.239 e. The third-order valence-electron chi connectivity index (χ3n) is 4.06. The van der Waals surface area contributed by atoms with Crippen molar-refractivity contribution < 1.29 is 14.3 Å². The van der Waals surface area contributed by atoms with Crippen LogP contribution in [0.1, 0.15) is 18.4 Å². The molecule has 1 saturated heterocycles. The number of carbonyl (C=O) groups is 2. The second-order valence-electron chi connectivity index (χ2n) is 6.06. The zero-order chi connectivity index (χ0) is 17.9. The van der Waals surface area contributed by atoms with E-state index in [-0.39, 0.29) is 18.4 Å². The topological polar surface area (TPSA) is 70.7 Å². The van der Waals surface area contributed by atoms with E-state index in [2.05, 4.69) is 15.5 Å². The molecule has 1 heterocycles. The monoisotopic (exact) mass is 367 g/mol. The lowest BCUT2D eigenvalue weighted by Crippen LogP contribution is -2.43. The van der Waals surface area contributed by atoms with Crippen molar-refractivity contribution in [3.8, 4) is 0 Å². The zero-order valence-electron chi connectivity index (χ0n) is 14.4. The van der Waals surface area contributed by atoms with Crippen molar-refractivity contribution in [2.75, 3.05) is 45.9 Å². The minimum atomic E-state index is -0.156. The Hall–Kier alpha value is -1.63. The number of hydrogen-bond acceptors (Lipinski definition) is 4. The van der Waals surface area contributed by atoms with E-state index in [0.29, 0.717) is 18.0 Å². The first-order valence-electron chi connectivity index (χ1n) is 8.71. The number of rotatable bonds is 9. The standard InChI is InChI=1S/C18H26ClN3O3/c19-16-5-1-3-15(13-16)4-2-6-17(23)21-14-18(24)20-7-8-22-9-11-25-12-10-22/h1,3,5,13H,2,4,6-12,14H2,(H,20,24)(H,21,23). The quantitative estimate of drug-likeness (QED) is 0.688. The molecule has 2 amide bonds. The van der Waals surface area contributed by atoms with Crippen molar-refractivity contribution >= 4 is 23.4 Å². The van der Waals surface area contributed by atoms with Crippen LogP contribution >= 0.6 is 11.6 Å². The molecule has 0 unspecified atom stereocenters. The lowest BCUT2D eigenvalue weighted by molar-refractivity contribution is -0.126. The number of ether oxygens (including phenoxy) is 1. The van der Waals surface area contributed by atoms with Crippen molar-refractivity contribution in [1.29, 1.82) is 0 Å². The van der Waals surface area contributed by atoms with E-state index in [1.165, 1.54) is 0 Å². The fourth-order valence-corrected chi connectivity index (χ4v) is 2.87. The van der Waals surface area contributed by atoms with Gasteiger partial charge in [0.25, 0.3) is 0 Å². The summed E-state index contributed by atoms with van der Waals surface area (Å²) in [6.45, 7) is 4.72. The molecule has 2 N–H and O–H groups in total. The maximum atomic E-state index is 11.8. The van der Waals surface area contributed by atoms with Crippen LogP contribution in [0.3, 0.4) is 0 Å². The number of nitrogens with one attached hydrogen (secondary N) is 2. The van der Waals surface area contributed by atoms with E-state index in [1.54, 1.807) is 0 Å². The Bertz CT molecular complexity index is 562. The highest BCUT2D eigenvalue weighted by Gasteiger charge is 2.10. The molecule has 2 rings (SSSR count). The molecule has 138 valence electrons. The van der Waals surface area contributed by atoms with Gasteiger partial charge in [-0.3, -0.25) is 14.5 Å². The van der Waals surface area contributed by atoms with Crippen molar-refractivity contribution in [2.24, 2.45) is 0 Å². The Morgan fingerprint density at radius 2 is 1.96 bits per heavy atom. The predicted molar refractivity (Wildman–Crippen MR) is 97.7 cm³/mol. The molecule has 1 fully saturated rings.